The fraction of sp³-hybridized carbons (Fsp3) is 0.233. The summed E-state index contributed by atoms with van der Waals surface area (Å²) in [5, 5.41) is 10.8. The van der Waals surface area contributed by atoms with Crippen LogP contribution in [0.3, 0.4) is 0 Å². The minimum atomic E-state index is -3.84. The summed E-state index contributed by atoms with van der Waals surface area (Å²) in [4.78, 5) is 11.8. The van der Waals surface area contributed by atoms with Crippen molar-refractivity contribution in [2.45, 2.75) is 44.0 Å². The van der Waals surface area contributed by atoms with Gasteiger partial charge in [-0.2, -0.15) is 0 Å². The summed E-state index contributed by atoms with van der Waals surface area (Å²) in [6.07, 6.45) is 2.92. The number of hydrogen-bond acceptors (Lipinski definition) is 4. The Bertz CT molecular complexity index is 1600. The van der Waals surface area contributed by atoms with Crippen LogP contribution in [0.2, 0.25) is 0 Å². The SMILES string of the molecule is CC(CO)n1c(/C=C/C(N)=O)c(-c2ccccc2)c2cc(NS(=O)(=O)c3ccc(C(C)(C)C)cc3)ccc21. The predicted molar refractivity (Wildman–Crippen MR) is 153 cm³/mol. The average Bonchev–Trinajstić information content (AvgIpc) is 3.20. The Morgan fingerprint density at radius 1 is 1.05 bits per heavy atom. The van der Waals surface area contributed by atoms with Gasteiger partial charge in [0.2, 0.25) is 5.91 Å². The highest BCUT2D eigenvalue weighted by molar-refractivity contribution is 7.92. The number of anilines is 1. The molecule has 0 aliphatic rings. The van der Waals surface area contributed by atoms with Crippen molar-refractivity contribution in [1.82, 2.24) is 4.57 Å². The number of fused-ring (bicyclic) bond motifs is 1. The number of nitrogens with zero attached hydrogens (tertiary/aromatic N) is 1. The van der Waals surface area contributed by atoms with E-state index in [1.807, 2.05) is 60.0 Å². The summed E-state index contributed by atoms with van der Waals surface area (Å²) in [7, 11) is -3.84. The van der Waals surface area contributed by atoms with Crippen LogP contribution in [0.5, 0.6) is 0 Å². The molecule has 0 aliphatic heterocycles. The second-order valence-electron chi connectivity index (χ2n) is 10.4. The van der Waals surface area contributed by atoms with Gasteiger partial charge in [0.1, 0.15) is 0 Å². The van der Waals surface area contributed by atoms with E-state index in [-0.39, 0.29) is 23.0 Å². The van der Waals surface area contributed by atoms with Crippen molar-refractivity contribution in [3.05, 3.63) is 90.1 Å². The van der Waals surface area contributed by atoms with Crippen molar-refractivity contribution >= 4 is 38.6 Å². The Hall–Kier alpha value is -3.88. The number of amides is 1. The number of aromatic nitrogens is 1. The average molecular weight is 532 g/mol. The lowest BCUT2D eigenvalue weighted by molar-refractivity contribution is -0.113. The number of carbonyl (C=O) groups excluding carboxylic acids is 1. The normalized spacial score (nSPS) is 13.2. The zero-order chi connectivity index (χ0) is 27.7. The van der Waals surface area contributed by atoms with E-state index in [2.05, 4.69) is 25.5 Å². The molecule has 0 fully saturated rings. The van der Waals surface area contributed by atoms with Crippen molar-refractivity contribution in [2.75, 3.05) is 11.3 Å². The van der Waals surface area contributed by atoms with Gasteiger partial charge in [-0.05, 0) is 59.9 Å². The highest BCUT2D eigenvalue weighted by Gasteiger charge is 2.22. The smallest absolute Gasteiger partial charge is 0.261 e. The molecule has 1 unspecified atom stereocenters. The standard InChI is InChI=1S/C30H33N3O4S/c1-20(19-34)33-26-15-12-23(32-38(36,37)24-13-10-22(11-14-24)30(2,3)4)18-25(26)29(21-8-6-5-7-9-21)27(33)16-17-28(31)35/h5-18,20,32,34H,19H2,1-4H3,(H2,31,35)/b17-16+. The van der Waals surface area contributed by atoms with Crippen LogP contribution >= 0.6 is 0 Å². The van der Waals surface area contributed by atoms with E-state index in [0.717, 1.165) is 27.6 Å². The fourth-order valence-electron chi connectivity index (χ4n) is 4.54. The lowest BCUT2D eigenvalue weighted by Gasteiger charge is -2.19. The van der Waals surface area contributed by atoms with Crippen molar-refractivity contribution in [1.29, 1.82) is 0 Å². The Morgan fingerprint density at radius 2 is 1.71 bits per heavy atom. The molecule has 0 saturated heterocycles. The van der Waals surface area contributed by atoms with E-state index in [0.29, 0.717) is 11.4 Å². The molecule has 0 aliphatic carbocycles. The molecule has 4 aromatic rings. The number of rotatable bonds is 8. The molecule has 8 heteroatoms. The summed E-state index contributed by atoms with van der Waals surface area (Å²) in [5.41, 5.74) is 9.90. The van der Waals surface area contributed by atoms with Crippen LogP contribution in [0.1, 0.15) is 45.0 Å². The molecule has 7 nitrogen and oxygen atoms in total. The zero-order valence-electron chi connectivity index (χ0n) is 22.0. The predicted octanol–water partition coefficient (Wildman–Crippen LogP) is 5.46. The van der Waals surface area contributed by atoms with Crippen molar-refractivity contribution < 1.29 is 18.3 Å². The van der Waals surface area contributed by atoms with Gasteiger partial charge < -0.3 is 15.4 Å². The number of hydrogen-bond donors (Lipinski definition) is 3. The van der Waals surface area contributed by atoms with Gasteiger partial charge in [-0.1, -0.05) is 63.2 Å². The van der Waals surface area contributed by atoms with Gasteiger partial charge in [0.05, 0.1) is 23.2 Å². The minimum Gasteiger partial charge on any atom is -0.394 e. The molecular formula is C30H33N3O4S. The van der Waals surface area contributed by atoms with Crippen LogP contribution in [0.4, 0.5) is 5.69 Å². The van der Waals surface area contributed by atoms with Gasteiger partial charge in [-0.25, -0.2) is 8.42 Å². The first-order valence-electron chi connectivity index (χ1n) is 12.4. The van der Waals surface area contributed by atoms with Crippen molar-refractivity contribution in [2.24, 2.45) is 5.73 Å². The minimum absolute atomic E-state index is 0.0892. The molecule has 4 rings (SSSR count). The number of nitrogens with two attached hydrogens (primary N) is 1. The molecular weight excluding hydrogens is 498 g/mol. The van der Waals surface area contributed by atoms with Gasteiger partial charge in [-0.3, -0.25) is 9.52 Å². The lowest BCUT2D eigenvalue weighted by atomic mass is 9.87. The van der Waals surface area contributed by atoms with Crippen LogP contribution in [0, 0.1) is 0 Å². The lowest BCUT2D eigenvalue weighted by Crippen LogP contribution is -2.15. The Labute approximate surface area is 223 Å². The molecule has 0 radical (unpaired) electrons. The van der Waals surface area contributed by atoms with E-state index < -0.39 is 15.9 Å². The fourth-order valence-corrected chi connectivity index (χ4v) is 5.59. The Morgan fingerprint density at radius 3 is 2.29 bits per heavy atom. The molecule has 1 atom stereocenters. The summed E-state index contributed by atoms with van der Waals surface area (Å²) in [5.74, 6) is -0.594. The second-order valence-corrected chi connectivity index (χ2v) is 12.1. The molecule has 4 N–H and O–H groups in total. The molecule has 1 aromatic heterocycles. The maximum Gasteiger partial charge on any atom is 0.261 e. The number of aliphatic hydroxyl groups is 1. The molecule has 1 heterocycles. The summed E-state index contributed by atoms with van der Waals surface area (Å²) >= 11 is 0. The number of nitrogens with one attached hydrogen (secondary N) is 1. The van der Waals surface area contributed by atoms with Crippen LogP contribution in [-0.2, 0) is 20.2 Å². The third-order valence-electron chi connectivity index (χ3n) is 6.50. The van der Waals surface area contributed by atoms with E-state index >= 15 is 0 Å². The topological polar surface area (TPSA) is 114 Å². The van der Waals surface area contributed by atoms with Gasteiger partial charge in [0, 0.05) is 28.2 Å². The number of primary amides is 1. The monoisotopic (exact) mass is 531 g/mol. The molecule has 1 amide bonds. The third kappa shape index (κ3) is 5.51. The van der Waals surface area contributed by atoms with Gasteiger partial charge >= 0.3 is 0 Å². The van der Waals surface area contributed by atoms with Crippen LogP contribution in [-0.4, -0.2) is 30.6 Å². The van der Waals surface area contributed by atoms with Gasteiger partial charge in [0.25, 0.3) is 10.0 Å². The number of aliphatic hydroxyl groups excluding tert-OH is 1. The maximum absolute atomic E-state index is 13.2. The largest absolute Gasteiger partial charge is 0.394 e. The Balaban J connectivity index is 1.87. The first-order chi connectivity index (χ1) is 17.9. The summed E-state index contributed by atoms with van der Waals surface area (Å²) in [6.45, 7) is 7.96. The third-order valence-corrected chi connectivity index (χ3v) is 7.89. The number of sulfonamides is 1. The molecule has 0 bridgehead atoms. The van der Waals surface area contributed by atoms with Crippen LogP contribution < -0.4 is 10.5 Å². The Kier molecular flexibility index (Phi) is 7.49. The van der Waals surface area contributed by atoms with E-state index in [9.17, 15) is 18.3 Å². The molecule has 38 heavy (non-hydrogen) atoms. The second kappa shape index (κ2) is 10.5. The van der Waals surface area contributed by atoms with Crippen molar-refractivity contribution in [3.63, 3.8) is 0 Å². The number of carbonyl (C=O) groups is 1. The quantitative estimate of drug-likeness (QED) is 0.262. The van der Waals surface area contributed by atoms with Crippen LogP contribution in [0.25, 0.3) is 28.1 Å². The molecule has 0 saturated carbocycles. The van der Waals surface area contributed by atoms with E-state index in [4.69, 9.17) is 5.73 Å². The molecule has 3 aromatic carbocycles. The maximum atomic E-state index is 13.2. The van der Waals surface area contributed by atoms with Gasteiger partial charge in [-0.15, -0.1) is 0 Å². The highest BCUT2D eigenvalue weighted by atomic mass is 32.2. The van der Waals surface area contributed by atoms with Gasteiger partial charge in [0.15, 0.2) is 0 Å². The molecule has 0 spiro atoms. The summed E-state index contributed by atoms with van der Waals surface area (Å²) in [6, 6.07) is 21.5. The zero-order valence-corrected chi connectivity index (χ0v) is 22.8. The molecule has 198 valence electrons. The van der Waals surface area contributed by atoms with Crippen LogP contribution in [0.15, 0.2) is 83.8 Å². The van der Waals surface area contributed by atoms with Crippen molar-refractivity contribution in [3.8, 4) is 11.1 Å². The van der Waals surface area contributed by atoms with E-state index in [1.165, 1.54) is 6.08 Å². The number of benzene rings is 3. The first-order valence-corrected chi connectivity index (χ1v) is 13.9. The highest BCUT2D eigenvalue weighted by Crippen LogP contribution is 2.39. The first kappa shape index (κ1) is 27.2. The summed E-state index contributed by atoms with van der Waals surface area (Å²) < 4.78 is 31.1. The van der Waals surface area contributed by atoms with E-state index in [1.54, 1.807) is 30.3 Å².